The highest BCUT2D eigenvalue weighted by Gasteiger charge is 2.21. The second-order valence-electron chi connectivity index (χ2n) is 4.47. The summed E-state index contributed by atoms with van der Waals surface area (Å²) in [6.45, 7) is 3.75. The van der Waals surface area contributed by atoms with Gasteiger partial charge in [0.1, 0.15) is 0 Å². The minimum absolute atomic E-state index is 0.802. The third-order valence-corrected chi connectivity index (χ3v) is 3.46. The number of likely N-dealkylation sites (tertiary alicyclic amines) is 1. The fraction of sp³-hybridized carbons (Fsp3) is 1.00. The first-order chi connectivity index (χ1) is 6.74. The zero-order valence-corrected chi connectivity index (χ0v) is 10.5. The Morgan fingerprint density at radius 1 is 1.43 bits per heavy atom. The van der Waals surface area contributed by atoms with Crippen molar-refractivity contribution in [3.05, 3.63) is 0 Å². The number of thiol groups is 1. The predicted molar refractivity (Wildman–Crippen MR) is 66.2 cm³/mol. The highest BCUT2D eigenvalue weighted by molar-refractivity contribution is 7.80. The van der Waals surface area contributed by atoms with Crippen molar-refractivity contribution in [1.82, 2.24) is 9.80 Å². The summed E-state index contributed by atoms with van der Waals surface area (Å²) in [4.78, 5) is 4.96. The van der Waals surface area contributed by atoms with Crippen molar-refractivity contribution in [3.63, 3.8) is 0 Å². The third kappa shape index (κ3) is 4.20. The van der Waals surface area contributed by atoms with Gasteiger partial charge in [0.2, 0.25) is 0 Å². The molecule has 1 atom stereocenters. The van der Waals surface area contributed by atoms with Gasteiger partial charge in [-0.25, -0.2) is 0 Å². The zero-order chi connectivity index (χ0) is 10.4. The van der Waals surface area contributed by atoms with E-state index in [4.69, 9.17) is 0 Å². The maximum atomic E-state index is 4.23. The van der Waals surface area contributed by atoms with Crippen LogP contribution in [-0.4, -0.2) is 55.3 Å². The van der Waals surface area contributed by atoms with Gasteiger partial charge in [0.25, 0.3) is 0 Å². The Morgan fingerprint density at radius 2 is 2.21 bits per heavy atom. The fourth-order valence-electron chi connectivity index (χ4n) is 2.15. The van der Waals surface area contributed by atoms with Crippen molar-refractivity contribution in [2.45, 2.75) is 31.7 Å². The highest BCUT2D eigenvalue weighted by atomic mass is 32.1. The van der Waals surface area contributed by atoms with Crippen molar-refractivity contribution in [1.29, 1.82) is 0 Å². The minimum atomic E-state index is 0.802. The Balaban J connectivity index is 2.09. The Hall–Kier alpha value is 0.270. The van der Waals surface area contributed by atoms with Gasteiger partial charge in [-0.3, -0.25) is 0 Å². The summed E-state index contributed by atoms with van der Waals surface area (Å²) in [7, 11) is 4.49. The van der Waals surface area contributed by atoms with E-state index in [0.717, 1.165) is 11.8 Å². The summed E-state index contributed by atoms with van der Waals surface area (Å²) >= 11 is 4.23. The van der Waals surface area contributed by atoms with Crippen molar-refractivity contribution in [3.8, 4) is 0 Å². The summed E-state index contributed by atoms with van der Waals surface area (Å²) in [5.74, 6) is 1.02. The van der Waals surface area contributed by atoms with Crippen LogP contribution in [0.3, 0.4) is 0 Å². The summed E-state index contributed by atoms with van der Waals surface area (Å²) in [5.41, 5.74) is 0. The Morgan fingerprint density at radius 3 is 2.79 bits per heavy atom. The molecule has 0 bridgehead atoms. The van der Waals surface area contributed by atoms with Gasteiger partial charge in [-0.2, -0.15) is 12.6 Å². The predicted octanol–water partition coefficient (Wildman–Crippen LogP) is 1.72. The molecule has 0 aromatic heterocycles. The lowest BCUT2D eigenvalue weighted by Crippen LogP contribution is -2.37. The van der Waals surface area contributed by atoms with Crippen LogP contribution in [-0.2, 0) is 0 Å². The average molecular weight is 216 g/mol. The largest absolute Gasteiger partial charge is 0.305 e. The number of rotatable bonds is 6. The van der Waals surface area contributed by atoms with Crippen LogP contribution in [0.25, 0.3) is 0 Å². The topological polar surface area (TPSA) is 6.48 Å². The van der Waals surface area contributed by atoms with E-state index in [1.165, 1.54) is 45.3 Å². The molecule has 0 N–H and O–H groups in total. The van der Waals surface area contributed by atoms with Crippen LogP contribution in [0, 0.1) is 0 Å². The van der Waals surface area contributed by atoms with Crippen LogP contribution in [0.1, 0.15) is 25.7 Å². The number of unbranched alkanes of at least 4 members (excludes halogenated alkanes) is 1. The van der Waals surface area contributed by atoms with Crippen molar-refractivity contribution >= 4 is 12.6 Å². The van der Waals surface area contributed by atoms with E-state index in [0.29, 0.717) is 0 Å². The molecule has 1 rings (SSSR count). The van der Waals surface area contributed by atoms with E-state index in [1.807, 2.05) is 0 Å². The van der Waals surface area contributed by atoms with E-state index in [1.54, 1.807) is 0 Å². The van der Waals surface area contributed by atoms with Crippen LogP contribution in [0.5, 0.6) is 0 Å². The molecule has 3 heteroatoms. The van der Waals surface area contributed by atoms with E-state index < -0.39 is 0 Å². The van der Waals surface area contributed by atoms with Crippen LogP contribution >= 0.6 is 12.6 Å². The highest BCUT2D eigenvalue weighted by Crippen LogP contribution is 2.15. The SMILES string of the molecule is CN(CCCCS)CC1CCCN1C. The maximum absolute atomic E-state index is 4.23. The minimum Gasteiger partial charge on any atom is -0.305 e. The zero-order valence-electron chi connectivity index (χ0n) is 9.58. The average Bonchev–Trinajstić information content (AvgIpc) is 2.52. The first-order valence-electron chi connectivity index (χ1n) is 5.73. The molecular formula is C11H24N2S. The van der Waals surface area contributed by atoms with E-state index in [-0.39, 0.29) is 0 Å². The molecule has 1 aliphatic rings. The van der Waals surface area contributed by atoms with Crippen LogP contribution in [0.15, 0.2) is 0 Å². The Kier molecular flexibility index (Phi) is 5.90. The molecule has 1 fully saturated rings. The monoisotopic (exact) mass is 216 g/mol. The van der Waals surface area contributed by atoms with Gasteiger partial charge in [-0.15, -0.1) is 0 Å². The fourth-order valence-corrected chi connectivity index (χ4v) is 2.38. The molecule has 1 heterocycles. The third-order valence-electron chi connectivity index (χ3n) is 3.14. The van der Waals surface area contributed by atoms with Crippen LogP contribution in [0.4, 0.5) is 0 Å². The van der Waals surface area contributed by atoms with Crippen molar-refractivity contribution in [2.75, 3.05) is 39.5 Å². The molecule has 84 valence electrons. The van der Waals surface area contributed by atoms with Gasteiger partial charge in [-0.05, 0) is 58.6 Å². The molecule has 0 aromatic rings. The molecule has 0 aromatic carbocycles. The first kappa shape index (κ1) is 12.3. The van der Waals surface area contributed by atoms with E-state index in [9.17, 15) is 0 Å². The molecule has 14 heavy (non-hydrogen) atoms. The molecule has 1 unspecified atom stereocenters. The van der Waals surface area contributed by atoms with Crippen molar-refractivity contribution < 1.29 is 0 Å². The number of nitrogens with zero attached hydrogens (tertiary/aromatic N) is 2. The Labute approximate surface area is 94.1 Å². The summed E-state index contributed by atoms with van der Waals surface area (Å²) in [6, 6.07) is 0.802. The molecule has 0 amide bonds. The molecule has 0 aliphatic carbocycles. The van der Waals surface area contributed by atoms with Gasteiger partial charge in [0.05, 0.1) is 0 Å². The smallest absolute Gasteiger partial charge is 0.0220 e. The summed E-state index contributed by atoms with van der Waals surface area (Å²) < 4.78 is 0. The molecule has 0 spiro atoms. The standard InChI is InChI=1S/C11H24N2S/c1-12(7-3-4-9-14)10-11-6-5-8-13(11)2/h11,14H,3-10H2,1-2H3. The molecule has 1 saturated heterocycles. The summed E-state index contributed by atoms with van der Waals surface area (Å²) in [6.07, 6.45) is 5.30. The number of hydrogen-bond donors (Lipinski definition) is 1. The van der Waals surface area contributed by atoms with Crippen LogP contribution < -0.4 is 0 Å². The first-order valence-corrected chi connectivity index (χ1v) is 6.37. The maximum Gasteiger partial charge on any atom is 0.0220 e. The number of likely N-dealkylation sites (N-methyl/N-ethyl adjacent to an activating group) is 2. The molecule has 0 saturated carbocycles. The second kappa shape index (κ2) is 6.70. The van der Waals surface area contributed by atoms with Gasteiger partial charge >= 0.3 is 0 Å². The van der Waals surface area contributed by atoms with Gasteiger partial charge in [0.15, 0.2) is 0 Å². The Bertz CT molecular complexity index is 152. The van der Waals surface area contributed by atoms with Gasteiger partial charge in [0, 0.05) is 12.6 Å². The lowest BCUT2D eigenvalue weighted by Gasteiger charge is -2.25. The van der Waals surface area contributed by atoms with Gasteiger partial charge < -0.3 is 9.80 Å². The quantitative estimate of drug-likeness (QED) is 0.533. The van der Waals surface area contributed by atoms with Crippen molar-refractivity contribution in [2.24, 2.45) is 0 Å². The van der Waals surface area contributed by atoms with Gasteiger partial charge in [-0.1, -0.05) is 0 Å². The molecule has 1 aliphatic heterocycles. The molecule has 2 nitrogen and oxygen atoms in total. The second-order valence-corrected chi connectivity index (χ2v) is 4.92. The lowest BCUT2D eigenvalue weighted by atomic mass is 10.2. The summed E-state index contributed by atoms with van der Waals surface area (Å²) in [5, 5.41) is 0. The molecule has 0 radical (unpaired) electrons. The number of hydrogen-bond acceptors (Lipinski definition) is 3. The normalized spacial score (nSPS) is 23.6. The van der Waals surface area contributed by atoms with E-state index in [2.05, 4.69) is 36.5 Å². The van der Waals surface area contributed by atoms with E-state index >= 15 is 0 Å². The van der Waals surface area contributed by atoms with Crippen LogP contribution in [0.2, 0.25) is 0 Å². The molecular weight excluding hydrogens is 192 g/mol. The lowest BCUT2D eigenvalue weighted by molar-refractivity contribution is 0.218.